The molecular formula is C13H17F3N2. The zero-order valence-corrected chi connectivity index (χ0v) is 10.3. The Kier molecular flexibility index (Phi) is 4.24. The van der Waals surface area contributed by atoms with Gasteiger partial charge in [0.05, 0.1) is 0 Å². The van der Waals surface area contributed by atoms with E-state index in [0.717, 1.165) is 32.2 Å². The van der Waals surface area contributed by atoms with E-state index in [1.54, 1.807) is 0 Å². The third-order valence-corrected chi connectivity index (χ3v) is 3.19. The van der Waals surface area contributed by atoms with Gasteiger partial charge < -0.3 is 5.32 Å². The van der Waals surface area contributed by atoms with Gasteiger partial charge in [0, 0.05) is 38.3 Å². The van der Waals surface area contributed by atoms with E-state index in [9.17, 15) is 13.2 Å². The van der Waals surface area contributed by atoms with E-state index in [2.05, 4.69) is 5.32 Å². The summed E-state index contributed by atoms with van der Waals surface area (Å²) in [7, 11) is 0. The summed E-state index contributed by atoms with van der Waals surface area (Å²) in [5.41, 5.74) is 0.426. The normalized spacial score (nSPS) is 18.9. The Hall–Kier alpha value is -1.07. The fourth-order valence-electron chi connectivity index (χ4n) is 2.12. The first-order valence-electron chi connectivity index (χ1n) is 6.13. The van der Waals surface area contributed by atoms with Crippen molar-refractivity contribution in [1.29, 1.82) is 0 Å². The van der Waals surface area contributed by atoms with E-state index in [-0.39, 0.29) is 11.1 Å². The van der Waals surface area contributed by atoms with Crippen LogP contribution in [0.2, 0.25) is 0 Å². The summed E-state index contributed by atoms with van der Waals surface area (Å²) in [4.78, 5) is 2.03. The molecule has 0 aliphatic carbocycles. The van der Waals surface area contributed by atoms with Crippen LogP contribution >= 0.6 is 0 Å². The van der Waals surface area contributed by atoms with Crippen LogP contribution < -0.4 is 5.32 Å². The van der Waals surface area contributed by atoms with Crippen LogP contribution in [0.25, 0.3) is 0 Å². The fraction of sp³-hybridized carbons (Fsp3) is 0.538. The Labute approximate surface area is 105 Å². The molecule has 2 nitrogen and oxygen atoms in total. The molecule has 100 valence electrons. The van der Waals surface area contributed by atoms with E-state index in [4.69, 9.17) is 0 Å². The predicted molar refractivity (Wildman–Crippen MR) is 64.0 cm³/mol. The molecule has 1 unspecified atom stereocenters. The number of hydrogen-bond acceptors (Lipinski definition) is 2. The van der Waals surface area contributed by atoms with Crippen LogP contribution in [0, 0.1) is 11.6 Å². The first kappa shape index (κ1) is 13.4. The lowest BCUT2D eigenvalue weighted by Crippen LogP contribution is -2.43. The number of nitrogens with zero attached hydrogens (tertiary/aromatic N) is 1. The van der Waals surface area contributed by atoms with Gasteiger partial charge in [-0.2, -0.15) is 0 Å². The highest BCUT2D eigenvalue weighted by molar-refractivity contribution is 5.27. The van der Waals surface area contributed by atoms with Gasteiger partial charge >= 0.3 is 0 Å². The lowest BCUT2D eigenvalue weighted by atomic mass is 10.1. The molecule has 0 radical (unpaired) electrons. The van der Waals surface area contributed by atoms with Gasteiger partial charge in [0.2, 0.25) is 0 Å². The van der Waals surface area contributed by atoms with Crippen LogP contribution in [0.5, 0.6) is 0 Å². The number of halogens is 3. The maximum Gasteiger partial charge on any atom is 0.163 e. The maximum absolute atomic E-state index is 13.7. The summed E-state index contributed by atoms with van der Waals surface area (Å²) in [5, 5.41) is 3.19. The molecule has 1 aromatic rings. The number of rotatable bonds is 3. The molecule has 1 fully saturated rings. The van der Waals surface area contributed by atoms with Crippen molar-refractivity contribution in [3.63, 3.8) is 0 Å². The molecule has 1 N–H and O–H groups in total. The van der Waals surface area contributed by atoms with E-state index >= 15 is 0 Å². The van der Waals surface area contributed by atoms with Gasteiger partial charge in [-0.05, 0) is 24.6 Å². The number of nitrogens with one attached hydrogen (secondary N) is 1. The second kappa shape index (κ2) is 5.71. The number of benzene rings is 1. The average Bonchev–Trinajstić information content (AvgIpc) is 2.35. The van der Waals surface area contributed by atoms with E-state index < -0.39 is 17.8 Å². The monoisotopic (exact) mass is 258 g/mol. The van der Waals surface area contributed by atoms with Gasteiger partial charge in [-0.25, -0.2) is 13.2 Å². The molecule has 0 saturated carbocycles. The molecule has 1 aromatic carbocycles. The summed E-state index contributed by atoms with van der Waals surface area (Å²) >= 11 is 0. The standard InChI is InChI=1S/C13H17F3N2/c1-9(14)10-6-11(13(16)12(15)7-10)8-18-4-2-17-3-5-18/h6-7,9,17H,2-5,8H2,1H3. The molecule has 1 heterocycles. The molecular weight excluding hydrogens is 241 g/mol. The van der Waals surface area contributed by atoms with Crippen molar-refractivity contribution in [2.45, 2.75) is 19.6 Å². The molecule has 0 amide bonds. The minimum atomic E-state index is -1.29. The molecule has 1 aliphatic heterocycles. The van der Waals surface area contributed by atoms with Crippen molar-refractivity contribution in [2.75, 3.05) is 26.2 Å². The first-order chi connectivity index (χ1) is 8.58. The Balaban J connectivity index is 2.19. The van der Waals surface area contributed by atoms with Crippen molar-refractivity contribution in [3.8, 4) is 0 Å². The Morgan fingerprint density at radius 3 is 2.56 bits per heavy atom. The van der Waals surface area contributed by atoms with Crippen molar-refractivity contribution in [1.82, 2.24) is 10.2 Å². The molecule has 2 rings (SSSR count). The third kappa shape index (κ3) is 3.03. The predicted octanol–water partition coefficient (Wildman–Crippen LogP) is 2.40. The summed E-state index contributed by atoms with van der Waals surface area (Å²) in [5.74, 6) is -1.83. The lowest BCUT2D eigenvalue weighted by molar-refractivity contribution is 0.229. The Morgan fingerprint density at radius 1 is 1.28 bits per heavy atom. The summed E-state index contributed by atoms with van der Waals surface area (Å²) in [6.45, 7) is 4.89. The van der Waals surface area contributed by atoms with E-state index in [0.29, 0.717) is 6.54 Å². The van der Waals surface area contributed by atoms with Gasteiger partial charge in [-0.15, -0.1) is 0 Å². The number of hydrogen-bond donors (Lipinski definition) is 1. The molecule has 1 atom stereocenters. The Bertz CT molecular complexity index is 415. The minimum Gasteiger partial charge on any atom is -0.314 e. The van der Waals surface area contributed by atoms with Crippen LogP contribution in [0.15, 0.2) is 12.1 Å². The van der Waals surface area contributed by atoms with Gasteiger partial charge in [-0.3, -0.25) is 4.90 Å². The maximum atomic E-state index is 13.7. The minimum absolute atomic E-state index is 0.194. The zero-order chi connectivity index (χ0) is 13.1. The molecule has 5 heteroatoms. The lowest BCUT2D eigenvalue weighted by Gasteiger charge is -2.27. The van der Waals surface area contributed by atoms with Crippen molar-refractivity contribution < 1.29 is 13.2 Å². The van der Waals surface area contributed by atoms with Crippen molar-refractivity contribution in [2.24, 2.45) is 0 Å². The molecule has 0 spiro atoms. The third-order valence-electron chi connectivity index (χ3n) is 3.19. The van der Waals surface area contributed by atoms with Gasteiger partial charge in [-0.1, -0.05) is 0 Å². The zero-order valence-electron chi connectivity index (χ0n) is 10.3. The summed E-state index contributed by atoms with van der Waals surface area (Å²) < 4.78 is 40.2. The largest absolute Gasteiger partial charge is 0.314 e. The highest BCUT2D eigenvalue weighted by Crippen LogP contribution is 2.23. The van der Waals surface area contributed by atoms with Crippen molar-refractivity contribution in [3.05, 3.63) is 34.9 Å². The summed E-state index contributed by atoms with van der Waals surface area (Å²) in [6.07, 6.45) is -1.29. The highest BCUT2D eigenvalue weighted by Gasteiger charge is 2.17. The number of piperazine rings is 1. The highest BCUT2D eigenvalue weighted by atomic mass is 19.2. The van der Waals surface area contributed by atoms with Gasteiger partial charge in [0.15, 0.2) is 11.6 Å². The van der Waals surface area contributed by atoms with Gasteiger partial charge in [0.1, 0.15) is 6.17 Å². The van der Waals surface area contributed by atoms with Crippen LogP contribution in [0.4, 0.5) is 13.2 Å². The molecule has 18 heavy (non-hydrogen) atoms. The van der Waals surface area contributed by atoms with Crippen LogP contribution in [-0.4, -0.2) is 31.1 Å². The first-order valence-corrected chi connectivity index (χ1v) is 6.13. The topological polar surface area (TPSA) is 15.3 Å². The molecule has 0 aromatic heterocycles. The second-order valence-electron chi connectivity index (χ2n) is 4.62. The van der Waals surface area contributed by atoms with Crippen molar-refractivity contribution >= 4 is 0 Å². The Morgan fingerprint density at radius 2 is 1.94 bits per heavy atom. The average molecular weight is 258 g/mol. The second-order valence-corrected chi connectivity index (χ2v) is 4.62. The molecule has 1 aliphatic rings. The van der Waals surface area contributed by atoms with E-state index in [1.807, 2.05) is 4.90 Å². The van der Waals surface area contributed by atoms with Crippen LogP contribution in [-0.2, 0) is 6.54 Å². The molecule has 0 bridgehead atoms. The quantitative estimate of drug-likeness (QED) is 0.895. The summed E-state index contributed by atoms with van der Waals surface area (Å²) in [6, 6.07) is 2.35. The van der Waals surface area contributed by atoms with Gasteiger partial charge in [0.25, 0.3) is 0 Å². The SMILES string of the molecule is CC(F)c1cc(F)c(F)c(CN2CCNCC2)c1. The molecule has 1 saturated heterocycles. The number of alkyl halides is 1. The van der Waals surface area contributed by atoms with Crippen LogP contribution in [0.1, 0.15) is 24.2 Å². The van der Waals surface area contributed by atoms with Crippen LogP contribution in [0.3, 0.4) is 0 Å². The van der Waals surface area contributed by atoms with E-state index in [1.165, 1.54) is 13.0 Å². The smallest absolute Gasteiger partial charge is 0.163 e. The fourth-order valence-corrected chi connectivity index (χ4v) is 2.12.